The van der Waals surface area contributed by atoms with Crippen LogP contribution in [-0.4, -0.2) is 57.4 Å². The molecule has 9 nitrogen and oxygen atoms in total. The lowest BCUT2D eigenvalue weighted by Crippen LogP contribution is -2.33. The molecule has 0 spiro atoms. The van der Waals surface area contributed by atoms with E-state index < -0.39 is 6.04 Å². The van der Waals surface area contributed by atoms with Crippen molar-refractivity contribution < 1.29 is 13.9 Å². The summed E-state index contributed by atoms with van der Waals surface area (Å²) < 4.78 is 25.9. The summed E-state index contributed by atoms with van der Waals surface area (Å²) in [4.78, 5) is 18.5. The van der Waals surface area contributed by atoms with Crippen LogP contribution in [0.4, 0.5) is 4.39 Å². The first-order valence-electron chi connectivity index (χ1n) is 11.1. The largest absolute Gasteiger partial charge is 0.493 e. The summed E-state index contributed by atoms with van der Waals surface area (Å²) in [5.74, 6) is 1.38. The lowest BCUT2D eigenvalue weighted by Gasteiger charge is -2.26. The van der Waals surface area contributed by atoms with Crippen LogP contribution in [0.3, 0.4) is 0 Å². The van der Waals surface area contributed by atoms with Gasteiger partial charge in [-0.2, -0.15) is 0 Å². The van der Waals surface area contributed by atoms with Crippen LogP contribution in [0.5, 0.6) is 11.5 Å². The van der Waals surface area contributed by atoms with Gasteiger partial charge >= 0.3 is 0 Å². The number of fused-ring (bicyclic) bond motifs is 1. The van der Waals surface area contributed by atoms with Gasteiger partial charge in [0.25, 0.3) is 5.56 Å². The molecule has 3 heterocycles. The van der Waals surface area contributed by atoms with E-state index in [2.05, 4.69) is 25.4 Å². The van der Waals surface area contributed by atoms with E-state index in [0.29, 0.717) is 34.9 Å². The van der Waals surface area contributed by atoms with Crippen molar-refractivity contribution in [2.24, 2.45) is 0 Å². The summed E-state index contributed by atoms with van der Waals surface area (Å²) in [7, 11) is 3.13. The van der Waals surface area contributed by atoms with Crippen molar-refractivity contribution in [1.29, 1.82) is 0 Å². The van der Waals surface area contributed by atoms with Crippen LogP contribution in [0.25, 0.3) is 10.9 Å². The molecule has 10 heteroatoms. The molecule has 34 heavy (non-hydrogen) atoms. The summed E-state index contributed by atoms with van der Waals surface area (Å²) in [6.45, 7) is 2.03. The van der Waals surface area contributed by atoms with Gasteiger partial charge in [-0.05, 0) is 66.2 Å². The first-order chi connectivity index (χ1) is 16.6. The third-order valence-corrected chi connectivity index (χ3v) is 6.23. The molecule has 1 N–H and O–H groups in total. The van der Waals surface area contributed by atoms with Gasteiger partial charge in [0.05, 0.1) is 26.3 Å². The zero-order valence-electron chi connectivity index (χ0n) is 19.0. The number of nitrogens with zero attached hydrogens (tertiary/aromatic N) is 5. The highest BCUT2D eigenvalue weighted by molar-refractivity contribution is 5.83. The molecule has 1 aliphatic heterocycles. The predicted molar refractivity (Wildman–Crippen MR) is 124 cm³/mol. The third kappa shape index (κ3) is 4.12. The summed E-state index contributed by atoms with van der Waals surface area (Å²) in [5, 5.41) is 13.2. The van der Waals surface area contributed by atoms with Gasteiger partial charge < -0.3 is 14.5 Å². The van der Waals surface area contributed by atoms with Crippen LogP contribution < -0.4 is 15.0 Å². The molecule has 1 saturated heterocycles. The quantitative estimate of drug-likeness (QED) is 0.449. The SMILES string of the molecule is COc1cc2cc([C@@H](c3nnnn3Cc3ccc(F)cc3)N3CCCC3)c(=O)[nH]c2cc1OC. The molecule has 0 unspecified atom stereocenters. The smallest absolute Gasteiger partial charge is 0.253 e. The molecule has 1 aliphatic rings. The number of hydrogen-bond donors (Lipinski definition) is 1. The number of aromatic nitrogens is 5. The Morgan fingerprint density at radius 3 is 2.47 bits per heavy atom. The minimum Gasteiger partial charge on any atom is -0.493 e. The number of ether oxygens (including phenoxy) is 2. The number of halogens is 1. The van der Waals surface area contributed by atoms with Crippen molar-refractivity contribution >= 4 is 10.9 Å². The van der Waals surface area contributed by atoms with Crippen molar-refractivity contribution in [3.05, 3.63) is 75.6 Å². The number of H-pyrrole nitrogens is 1. The highest BCUT2D eigenvalue weighted by atomic mass is 19.1. The number of hydrogen-bond acceptors (Lipinski definition) is 7. The highest BCUT2D eigenvalue weighted by Gasteiger charge is 2.32. The Balaban J connectivity index is 1.61. The Bertz CT molecular complexity index is 1360. The van der Waals surface area contributed by atoms with E-state index in [1.54, 1.807) is 37.1 Å². The second kappa shape index (κ2) is 9.22. The van der Waals surface area contributed by atoms with Crippen LogP contribution in [0.1, 0.15) is 35.8 Å². The molecule has 1 fully saturated rings. The molecule has 0 aliphatic carbocycles. The number of likely N-dealkylation sites (tertiary alicyclic amines) is 1. The normalized spacial score (nSPS) is 15.0. The van der Waals surface area contributed by atoms with Crippen molar-refractivity contribution in [2.45, 2.75) is 25.4 Å². The predicted octanol–water partition coefficient (Wildman–Crippen LogP) is 2.90. The van der Waals surface area contributed by atoms with E-state index in [1.165, 1.54) is 12.1 Å². The number of pyridine rings is 1. The van der Waals surface area contributed by atoms with Gasteiger partial charge in [0, 0.05) is 17.0 Å². The molecule has 0 radical (unpaired) electrons. The summed E-state index contributed by atoms with van der Waals surface area (Å²) in [5.41, 5.74) is 1.85. The molecule has 0 saturated carbocycles. The average molecular weight is 465 g/mol. The fourth-order valence-electron chi connectivity index (χ4n) is 4.53. The van der Waals surface area contributed by atoms with Crippen LogP contribution >= 0.6 is 0 Å². The van der Waals surface area contributed by atoms with E-state index in [9.17, 15) is 9.18 Å². The van der Waals surface area contributed by atoms with E-state index in [4.69, 9.17) is 9.47 Å². The van der Waals surface area contributed by atoms with Gasteiger partial charge in [0.1, 0.15) is 11.9 Å². The standard InChI is InChI=1S/C24H25FN6O3/c1-33-20-12-16-11-18(24(32)26-19(16)13-21(20)34-2)22(30-9-3-4-10-30)23-27-28-29-31(23)14-15-5-7-17(25)8-6-15/h5-8,11-13,22H,3-4,9-10,14H2,1-2H3,(H,26,32)/t22-/m0/s1. The number of rotatable bonds is 7. The van der Waals surface area contributed by atoms with Gasteiger partial charge in [-0.25, -0.2) is 9.07 Å². The van der Waals surface area contributed by atoms with E-state index >= 15 is 0 Å². The number of nitrogens with one attached hydrogen (secondary N) is 1. The number of methoxy groups -OCH3 is 2. The van der Waals surface area contributed by atoms with E-state index in [0.717, 1.165) is 36.9 Å². The van der Waals surface area contributed by atoms with Crippen molar-refractivity contribution in [3.63, 3.8) is 0 Å². The number of aromatic amines is 1. The molecule has 2 aromatic heterocycles. The second-order valence-electron chi connectivity index (χ2n) is 8.32. The lowest BCUT2D eigenvalue weighted by atomic mass is 10.0. The number of benzene rings is 2. The molecule has 5 rings (SSSR count). The van der Waals surface area contributed by atoms with Crippen LogP contribution in [0, 0.1) is 5.82 Å². The molecule has 4 aromatic rings. The first kappa shape index (κ1) is 22.0. The van der Waals surface area contributed by atoms with Gasteiger partial charge in [-0.15, -0.1) is 5.10 Å². The Morgan fingerprint density at radius 1 is 1.06 bits per heavy atom. The van der Waals surface area contributed by atoms with E-state index in [-0.39, 0.29) is 11.4 Å². The minimum absolute atomic E-state index is 0.215. The number of tetrazole rings is 1. The average Bonchev–Trinajstić information content (AvgIpc) is 3.53. The lowest BCUT2D eigenvalue weighted by molar-refractivity contribution is 0.263. The Kier molecular flexibility index (Phi) is 5.97. The highest BCUT2D eigenvalue weighted by Crippen LogP contribution is 2.34. The molecule has 1 atom stereocenters. The maximum atomic E-state index is 13.4. The van der Waals surface area contributed by atoms with Gasteiger partial charge in [0.2, 0.25) is 0 Å². The molecule has 0 amide bonds. The van der Waals surface area contributed by atoms with Gasteiger partial charge in [-0.1, -0.05) is 12.1 Å². The van der Waals surface area contributed by atoms with E-state index in [1.807, 2.05) is 12.1 Å². The Labute approximate surface area is 195 Å². The molecule has 176 valence electrons. The topological polar surface area (TPSA) is 98.2 Å². The molecular formula is C24H25FN6O3. The summed E-state index contributed by atoms with van der Waals surface area (Å²) in [6, 6.07) is 11.3. The minimum atomic E-state index is -0.431. The zero-order chi connectivity index (χ0) is 23.7. The fourth-order valence-corrected chi connectivity index (χ4v) is 4.53. The van der Waals surface area contributed by atoms with Crippen LogP contribution in [0.15, 0.2) is 47.3 Å². The van der Waals surface area contributed by atoms with Gasteiger partial charge in [-0.3, -0.25) is 9.69 Å². The Hall–Kier alpha value is -3.79. The van der Waals surface area contributed by atoms with Crippen molar-refractivity contribution in [1.82, 2.24) is 30.1 Å². The van der Waals surface area contributed by atoms with Crippen molar-refractivity contribution in [2.75, 3.05) is 27.3 Å². The van der Waals surface area contributed by atoms with Crippen molar-refractivity contribution in [3.8, 4) is 11.5 Å². The van der Waals surface area contributed by atoms with Crippen LogP contribution in [0.2, 0.25) is 0 Å². The summed E-state index contributed by atoms with van der Waals surface area (Å²) in [6.07, 6.45) is 2.07. The molecular weight excluding hydrogens is 439 g/mol. The summed E-state index contributed by atoms with van der Waals surface area (Å²) >= 11 is 0. The fraction of sp³-hybridized carbons (Fsp3) is 0.333. The Morgan fingerprint density at radius 2 is 1.76 bits per heavy atom. The second-order valence-corrected chi connectivity index (χ2v) is 8.32. The monoisotopic (exact) mass is 464 g/mol. The van der Waals surface area contributed by atoms with Gasteiger partial charge in [0.15, 0.2) is 17.3 Å². The third-order valence-electron chi connectivity index (χ3n) is 6.23. The molecule has 0 bridgehead atoms. The first-order valence-corrected chi connectivity index (χ1v) is 11.1. The zero-order valence-corrected chi connectivity index (χ0v) is 19.0. The van der Waals surface area contributed by atoms with Crippen LogP contribution in [-0.2, 0) is 6.54 Å². The maximum Gasteiger partial charge on any atom is 0.253 e. The maximum absolute atomic E-state index is 13.4. The molecule has 2 aromatic carbocycles.